The Hall–Kier alpha value is -1.72. The van der Waals surface area contributed by atoms with Crippen molar-refractivity contribution < 1.29 is 4.79 Å². The van der Waals surface area contributed by atoms with Crippen molar-refractivity contribution in [2.24, 2.45) is 5.92 Å². The molecule has 25 heavy (non-hydrogen) atoms. The lowest BCUT2D eigenvalue weighted by Crippen LogP contribution is -2.19. The number of rotatable bonds is 6. The maximum atomic E-state index is 11.8. The van der Waals surface area contributed by atoms with E-state index in [4.69, 9.17) is 4.98 Å². The summed E-state index contributed by atoms with van der Waals surface area (Å²) in [5.41, 5.74) is 3.28. The van der Waals surface area contributed by atoms with Gasteiger partial charge in [0.2, 0.25) is 5.91 Å². The van der Waals surface area contributed by atoms with Crippen LogP contribution in [0.15, 0.2) is 29.6 Å². The van der Waals surface area contributed by atoms with Crippen LogP contribution in [0.4, 0.5) is 5.69 Å². The van der Waals surface area contributed by atoms with Crippen molar-refractivity contribution >= 4 is 22.9 Å². The molecule has 0 aliphatic heterocycles. The number of thiazole rings is 1. The molecule has 0 bridgehead atoms. The number of amides is 1. The maximum absolute atomic E-state index is 11.8. The minimum atomic E-state index is 0.106. The van der Waals surface area contributed by atoms with Gasteiger partial charge >= 0.3 is 0 Å². The zero-order chi connectivity index (χ0) is 18.0. The van der Waals surface area contributed by atoms with Crippen LogP contribution in [0.5, 0.6) is 0 Å². The smallest absolute Gasteiger partial charge is 0.227 e. The quantitative estimate of drug-likeness (QED) is 0.792. The first kappa shape index (κ1) is 18.1. The first-order chi connectivity index (χ1) is 11.8. The molecule has 1 aromatic carbocycles. The summed E-state index contributed by atoms with van der Waals surface area (Å²) in [5, 5.41) is 9.81. The predicted octanol–water partition coefficient (Wildman–Crippen LogP) is 4.64. The van der Waals surface area contributed by atoms with Gasteiger partial charge in [0, 0.05) is 35.0 Å². The van der Waals surface area contributed by atoms with E-state index < -0.39 is 0 Å². The lowest BCUT2D eigenvalue weighted by atomic mass is 9.98. The summed E-state index contributed by atoms with van der Waals surface area (Å²) in [7, 11) is 0. The van der Waals surface area contributed by atoms with Gasteiger partial charge in [-0.15, -0.1) is 11.3 Å². The molecule has 4 nitrogen and oxygen atoms in total. The van der Waals surface area contributed by atoms with Crippen LogP contribution in [0.3, 0.4) is 0 Å². The Kier molecular flexibility index (Phi) is 5.25. The fraction of sp³-hybridized carbons (Fsp3) is 0.500. The normalized spacial score (nSPS) is 15.8. The molecular weight excluding hydrogens is 330 g/mol. The van der Waals surface area contributed by atoms with Crippen molar-refractivity contribution in [3.05, 3.63) is 45.9 Å². The molecule has 5 heteroatoms. The largest absolute Gasteiger partial charge is 0.326 e. The summed E-state index contributed by atoms with van der Waals surface area (Å²) in [6, 6.07) is 8.33. The molecule has 0 saturated heterocycles. The molecule has 0 radical (unpaired) electrons. The van der Waals surface area contributed by atoms with E-state index in [0.717, 1.165) is 30.8 Å². The summed E-state index contributed by atoms with van der Waals surface area (Å²) >= 11 is 1.73. The highest BCUT2D eigenvalue weighted by Crippen LogP contribution is 2.30. The molecule has 1 amide bonds. The van der Waals surface area contributed by atoms with Crippen LogP contribution in [0.1, 0.15) is 62.8 Å². The summed E-state index contributed by atoms with van der Waals surface area (Å²) in [4.78, 5) is 16.5. The summed E-state index contributed by atoms with van der Waals surface area (Å²) in [6.07, 6.45) is 2.05. The topological polar surface area (TPSA) is 54.0 Å². The molecule has 2 aromatic rings. The van der Waals surface area contributed by atoms with E-state index in [0.29, 0.717) is 0 Å². The van der Waals surface area contributed by atoms with Gasteiger partial charge < -0.3 is 10.6 Å². The van der Waals surface area contributed by atoms with Crippen molar-refractivity contribution in [3.63, 3.8) is 0 Å². The molecule has 0 spiro atoms. The first-order valence-corrected chi connectivity index (χ1v) is 9.80. The number of nitrogens with zero attached hydrogens (tertiary/aromatic N) is 1. The number of nitrogens with one attached hydrogen (secondary N) is 2. The number of carbonyl (C=O) groups is 1. The van der Waals surface area contributed by atoms with E-state index in [1.165, 1.54) is 10.6 Å². The van der Waals surface area contributed by atoms with Gasteiger partial charge in [0.05, 0.1) is 10.7 Å². The Bertz CT molecular complexity index is 726. The number of carbonyl (C=O) groups excluding carboxylic acids is 1. The Balaban J connectivity index is 1.53. The van der Waals surface area contributed by atoms with Gasteiger partial charge in [-0.3, -0.25) is 4.79 Å². The van der Waals surface area contributed by atoms with Crippen LogP contribution in [0.2, 0.25) is 0 Å². The SMILES string of the molecule is C[C@H](NCc1csc(C(C)(C)C)n1)c1ccc(NC(=O)C2CC2)cc1. The number of anilines is 1. The minimum Gasteiger partial charge on any atom is -0.326 e. The molecule has 1 saturated carbocycles. The summed E-state index contributed by atoms with van der Waals surface area (Å²) < 4.78 is 0. The molecule has 1 fully saturated rings. The number of benzene rings is 1. The van der Waals surface area contributed by atoms with Crippen molar-refractivity contribution in [2.75, 3.05) is 5.32 Å². The van der Waals surface area contributed by atoms with Gasteiger partial charge in [0.15, 0.2) is 0 Å². The van der Waals surface area contributed by atoms with Crippen LogP contribution in [0.25, 0.3) is 0 Å². The summed E-state index contributed by atoms with van der Waals surface area (Å²) in [6.45, 7) is 9.47. The molecular formula is C20H27N3OS. The van der Waals surface area contributed by atoms with E-state index >= 15 is 0 Å². The zero-order valence-electron chi connectivity index (χ0n) is 15.4. The molecule has 1 atom stereocenters. The third-order valence-corrected chi connectivity index (χ3v) is 5.73. The molecule has 2 N–H and O–H groups in total. The maximum Gasteiger partial charge on any atom is 0.227 e. The van der Waals surface area contributed by atoms with E-state index in [1.54, 1.807) is 11.3 Å². The van der Waals surface area contributed by atoms with Gasteiger partial charge in [-0.1, -0.05) is 32.9 Å². The van der Waals surface area contributed by atoms with Crippen LogP contribution >= 0.6 is 11.3 Å². The van der Waals surface area contributed by atoms with Gasteiger partial charge in [-0.2, -0.15) is 0 Å². The molecule has 0 unspecified atom stereocenters. The van der Waals surface area contributed by atoms with Crippen molar-refractivity contribution in [1.82, 2.24) is 10.3 Å². The predicted molar refractivity (Wildman–Crippen MR) is 104 cm³/mol. The summed E-state index contributed by atoms with van der Waals surface area (Å²) in [5.74, 6) is 0.383. The second kappa shape index (κ2) is 7.26. The molecule has 1 heterocycles. The van der Waals surface area contributed by atoms with Crippen LogP contribution < -0.4 is 10.6 Å². The van der Waals surface area contributed by atoms with E-state index in [1.807, 2.05) is 12.1 Å². The lowest BCUT2D eigenvalue weighted by molar-refractivity contribution is -0.117. The standard InChI is InChI=1S/C20H27N3OS/c1-13(21-11-17-12-25-19(23-17)20(2,3)4)14-7-9-16(10-8-14)22-18(24)15-5-6-15/h7-10,12-13,15,21H,5-6,11H2,1-4H3,(H,22,24)/t13-/m0/s1. The zero-order valence-corrected chi connectivity index (χ0v) is 16.2. The fourth-order valence-electron chi connectivity index (χ4n) is 2.55. The Morgan fingerprint density at radius 3 is 2.52 bits per heavy atom. The lowest BCUT2D eigenvalue weighted by Gasteiger charge is -2.15. The molecule has 3 rings (SSSR count). The highest BCUT2D eigenvalue weighted by atomic mass is 32.1. The fourth-order valence-corrected chi connectivity index (χ4v) is 3.46. The third-order valence-electron chi connectivity index (χ3n) is 4.41. The van der Waals surface area contributed by atoms with Crippen LogP contribution in [-0.4, -0.2) is 10.9 Å². The molecule has 1 aliphatic rings. The van der Waals surface area contributed by atoms with Crippen LogP contribution in [0, 0.1) is 5.92 Å². The second-order valence-corrected chi connectivity index (χ2v) is 8.74. The Morgan fingerprint density at radius 2 is 1.96 bits per heavy atom. The number of hydrogen-bond donors (Lipinski definition) is 2. The average Bonchev–Trinajstić information content (AvgIpc) is 3.30. The molecule has 1 aliphatic carbocycles. The Labute approximate surface area is 154 Å². The van der Waals surface area contributed by atoms with E-state index in [-0.39, 0.29) is 23.3 Å². The van der Waals surface area contributed by atoms with Gasteiger partial charge in [-0.25, -0.2) is 4.98 Å². The van der Waals surface area contributed by atoms with Crippen molar-refractivity contribution in [2.45, 2.75) is 58.5 Å². The highest BCUT2D eigenvalue weighted by Gasteiger charge is 2.29. The average molecular weight is 358 g/mol. The number of hydrogen-bond acceptors (Lipinski definition) is 4. The van der Waals surface area contributed by atoms with Gasteiger partial charge in [0.25, 0.3) is 0 Å². The molecule has 1 aromatic heterocycles. The third kappa shape index (κ3) is 4.89. The van der Waals surface area contributed by atoms with Crippen LogP contribution in [-0.2, 0) is 16.8 Å². The van der Waals surface area contributed by atoms with E-state index in [2.05, 4.69) is 55.8 Å². The highest BCUT2D eigenvalue weighted by molar-refractivity contribution is 7.09. The van der Waals surface area contributed by atoms with E-state index in [9.17, 15) is 4.79 Å². The second-order valence-electron chi connectivity index (χ2n) is 7.88. The van der Waals surface area contributed by atoms with Gasteiger partial charge in [0.1, 0.15) is 0 Å². The van der Waals surface area contributed by atoms with Crippen molar-refractivity contribution in [3.8, 4) is 0 Å². The molecule has 134 valence electrons. The number of aromatic nitrogens is 1. The monoisotopic (exact) mass is 357 g/mol. The van der Waals surface area contributed by atoms with Crippen molar-refractivity contribution in [1.29, 1.82) is 0 Å². The van der Waals surface area contributed by atoms with Gasteiger partial charge in [-0.05, 0) is 37.5 Å². The first-order valence-electron chi connectivity index (χ1n) is 8.92. The minimum absolute atomic E-state index is 0.106. The Morgan fingerprint density at radius 1 is 1.28 bits per heavy atom.